The summed E-state index contributed by atoms with van der Waals surface area (Å²) in [6.45, 7) is 3.83. The van der Waals surface area contributed by atoms with Crippen molar-refractivity contribution < 1.29 is 14.3 Å². The van der Waals surface area contributed by atoms with E-state index in [1.807, 2.05) is 50.2 Å². The first-order valence-corrected chi connectivity index (χ1v) is 9.55. The predicted octanol–water partition coefficient (Wildman–Crippen LogP) is 2.77. The van der Waals surface area contributed by atoms with Gasteiger partial charge in [0.25, 0.3) is 0 Å². The van der Waals surface area contributed by atoms with Crippen molar-refractivity contribution >= 4 is 17.7 Å². The van der Waals surface area contributed by atoms with E-state index in [0.29, 0.717) is 11.5 Å². The van der Waals surface area contributed by atoms with E-state index in [2.05, 4.69) is 26.2 Å². The average molecular weight is 408 g/mol. The Morgan fingerprint density at radius 3 is 2.53 bits per heavy atom. The summed E-state index contributed by atoms with van der Waals surface area (Å²) in [7, 11) is 1.74. The van der Waals surface area contributed by atoms with Crippen LogP contribution in [0.2, 0.25) is 0 Å². The summed E-state index contributed by atoms with van der Waals surface area (Å²) in [6.07, 6.45) is -0.647. The molecule has 30 heavy (non-hydrogen) atoms. The summed E-state index contributed by atoms with van der Waals surface area (Å²) in [6, 6.07) is 15.8. The number of amides is 2. The van der Waals surface area contributed by atoms with Crippen LogP contribution in [-0.4, -0.2) is 38.2 Å². The molecule has 0 aliphatic heterocycles. The van der Waals surface area contributed by atoms with E-state index < -0.39 is 12.1 Å². The number of rotatable bonds is 7. The Labute approximate surface area is 174 Å². The molecule has 0 aliphatic carbocycles. The number of hydrogen-bond acceptors (Lipinski definition) is 6. The largest absolute Gasteiger partial charge is 0.445 e. The maximum atomic E-state index is 12.8. The molecule has 3 aromatic rings. The number of carbonyl (C=O) groups is 2. The monoisotopic (exact) mass is 408 g/mol. The van der Waals surface area contributed by atoms with Crippen molar-refractivity contribution in [1.82, 2.24) is 25.5 Å². The summed E-state index contributed by atoms with van der Waals surface area (Å²) in [4.78, 5) is 25.0. The highest BCUT2D eigenvalue weighted by molar-refractivity contribution is 5.97. The first-order valence-electron chi connectivity index (χ1n) is 9.55. The van der Waals surface area contributed by atoms with E-state index in [4.69, 9.17) is 4.74 Å². The first kappa shape index (κ1) is 21.0. The number of carbonyl (C=O) groups excluding carboxylic acids is 2. The van der Waals surface area contributed by atoms with Gasteiger partial charge in [-0.2, -0.15) is 0 Å². The molecule has 2 amide bonds. The van der Waals surface area contributed by atoms with Crippen molar-refractivity contribution in [3.8, 4) is 11.4 Å². The van der Waals surface area contributed by atoms with Gasteiger partial charge >= 0.3 is 6.09 Å². The molecule has 3 rings (SSSR count). The van der Waals surface area contributed by atoms with E-state index >= 15 is 0 Å². The number of benzene rings is 2. The van der Waals surface area contributed by atoms with Crippen molar-refractivity contribution in [2.45, 2.75) is 26.5 Å². The zero-order chi connectivity index (χ0) is 21.5. The van der Waals surface area contributed by atoms with Crippen LogP contribution >= 0.6 is 0 Å². The van der Waals surface area contributed by atoms with Crippen molar-refractivity contribution in [2.75, 3.05) is 5.32 Å². The third-order valence-electron chi connectivity index (χ3n) is 4.44. The third-order valence-corrected chi connectivity index (χ3v) is 4.44. The van der Waals surface area contributed by atoms with Gasteiger partial charge in [-0.15, -0.1) is 5.10 Å². The van der Waals surface area contributed by atoms with Crippen LogP contribution in [0.5, 0.6) is 0 Å². The van der Waals surface area contributed by atoms with Gasteiger partial charge in [-0.25, -0.2) is 9.48 Å². The number of nitrogens with zero attached hydrogens (tertiary/aromatic N) is 4. The fourth-order valence-corrected chi connectivity index (χ4v) is 2.86. The standard InChI is InChI=1S/C21H24N6O3/c1-14(2)18(23-21(29)30-13-15-8-5-4-6-9-15)20(28)22-17-11-7-10-16(12-17)19-24-25-26-27(19)3/h4-12,14,18H,13H2,1-3H3,(H,22,28)(H,23,29)/t18-/m1/s1. The van der Waals surface area contributed by atoms with Gasteiger partial charge in [0.1, 0.15) is 12.6 Å². The lowest BCUT2D eigenvalue weighted by Crippen LogP contribution is -2.47. The highest BCUT2D eigenvalue weighted by atomic mass is 16.5. The lowest BCUT2D eigenvalue weighted by atomic mass is 10.0. The topological polar surface area (TPSA) is 111 Å². The van der Waals surface area contributed by atoms with E-state index in [-0.39, 0.29) is 18.4 Å². The number of ether oxygens (including phenoxy) is 1. The SMILES string of the molecule is CC(C)[C@@H](NC(=O)OCc1ccccc1)C(=O)Nc1cccc(-c2nnnn2C)c1. The molecule has 9 heteroatoms. The zero-order valence-corrected chi connectivity index (χ0v) is 17.1. The summed E-state index contributed by atoms with van der Waals surface area (Å²) in [5.41, 5.74) is 2.20. The zero-order valence-electron chi connectivity index (χ0n) is 17.1. The second-order valence-corrected chi connectivity index (χ2v) is 7.12. The second-order valence-electron chi connectivity index (χ2n) is 7.12. The fraction of sp³-hybridized carbons (Fsp3) is 0.286. The van der Waals surface area contributed by atoms with Crippen LogP contribution in [0.15, 0.2) is 54.6 Å². The molecule has 0 radical (unpaired) electrons. The van der Waals surface area contributed by atoms with Crippen LogP contribution in [0.3, 0.4) is 0 Å². The van der Waals surface area contributed by atoms with Gasteiger partial charge in [0.2, 0.25) is 5.91 Å². The van der Waals surface area contributed by atoms with Crippen LogP contribution in [0.4, 0.5) is 10.5 Å². The molecule has 0 bridgehead atoms. The number of tetrazole rings is 1. The molecular formula is C21H24N6O3. The minimum Gasteiger partial charge on any atom is -0.445 e. The summed E-state index contributed by atoms with van der Waals surface area (Å²) < 4.78 is 6.78. The van der Waals surface area contributed by atoms with Crippen LogP contribution in [0.25, 0.3) is 11.4 Å². The molecule has 1 heterocycles. The Hall–Kier alpha value is -3.75. The first-order chi connectivity index (χ1) is 14.4. The minimum absolute atomic E-state index is 0.132. The van der Waals surface area contributed by atoms with E-state index in [0.717, 1.165) is 11.1 Å². The van der Waals surface area contributed by atoms with Crippen molar-refractivity contribution in [2.24, 2.45) is 13.0 Å². The molecule has 2 aromatic carbocycles. The number of aryl methyl sites for hydroxylation is 1. The molecule has 1 aromatic heterocycles. The van der Waals surface area contributed by atoms with Crippen LogP contribution in [-0.2, 0) is 23.2 Å². The third kappa shape index (κ3) is 5.40. The highest BCUT2D eigenvalue weighted by Crippen LogP contribution is 2.20. The molecular weight excluding hydrogens is 384 g/mol. The van der Waals surface area contributed by atoms with Crippen molar-refractivity contribution in [3.05, 3.63) is 60.2 Å². The quantitative estimate of drug-likeness (QED) is 0.622. The fourth-order valence-electron chi connectivity index (χ4n) is 2.86. The average Bonchev–Trinajstić information content (AvgIpc) is 3.17. The van der Waals surface area contributed by atoms with Gasteiger partial charge < -0.3 is 15.4 Å². The minimum atomic E-state index is -0.756. The molecule has 2 N–H and O–H groups in total. The summed E-state index contributed by atoms with van der Waals surface area (Å²) in [5, 5.41) is 16.9. The predicted molar refractivity (Wildman–Crippen MR) is 111 cm³/mol. The lowest BCUT2D eigenvalue weighted by molar-refractivity contribution is -0.119. The smallest absolute Gasteiger partial charge is 0.408 e. The Bertz CT molecular complexity index is 1000. The molecule has 0 spiro atoms. The number of hydrogen-bond donors (Lipinski definition) is 2. The van der Waals surface area contributed by atoms with Gasteiger partial charge in [-0.3, -0.25) is 4.79 Å². The number of aromatic nitrogens is 4. The lowest BCUT2D eigenvalue weighted by Gasteiger charge is -2.21. The normalized spacial score (nSPS) is 11.7. The molecule has 0 saturated carbocycles. The van der Waals surface area contributed by atoms with E-state index in [1.54, 1.807) is 29.9 Å². The number of nitrogens with one attached hydrogen (secondary N) is 2. The van der Waals surface area contributed by atoms with E-state index in [9.17, 15) is 9.59 Å². The molecule has 0 aliphatic rings. The Morgan fingerprint density at radius 1 is 1.10 bits per heavy atom. The maximum Gasteiger partial charge on any atom is 0.408 e. The number of anilines is 1. The van der Waals surface area contributed by atoms with E-state index in [1.165, 1.54) is 0 Å². The molecule has 0 saturated heterocycles. The highest BCUT2D eigenvalue weighted by Gasteiger charge is 2.25. The van der Waals surface area contributed by atoms with Gasteiger partial charge in [-0.05, 0) is 34.0 Å². The summed E-state index contributed by atoms with van der Waals surface area (Å²) in [5.74, 6) is 0.101. The molecule has 9 nitrogen and oxygen atoms in total. The van der Waals surface area contributed by atoms with Gasteiger partial charge in [0.05, 0.1) is 0 Å². The summed E-state index contributed by atoms with van der Waals surface area (Å²) >= 11 is 0. The van der Waals surface area contributed by atoms with Gasteiger partial charge in [0.15, 0.2) is 5.82 Å². The van der Waals surface area contributed by atoms with Gasteiger partial charge in [-0.1, -0.05) is 56.3 Å². The molecule has 0 fully saturated rings. The van der Waals surface area contributed by atoms with Gasteiger partial charge in [0, 0.05) is 18.3 Å². The molecule has 1 atom stereocenters. The van der Waals surface area contributed by atoms with Crippen LogP contribution < -0.4 is 10.6 Å². The van der Waals surface area contributed by atoms with Crippen molar-refractivity contribution in [3.63, 3.8) is 0 Å². The maximum absolute atomic E-state index is 12.8. The second kappa shape index (κ2) is 9.64. The number of alkyl carbamates (subject to hydrolysis) is 1. The van der Waals surface area contributed by atoms with Crippen LogP contribution in [0.1, 0.15) is 19.4 Å². The van der Waals surface area contributed by atoms with Crippen molar-refractivity contribution in [1.29, 1.82) is 0 Å². The Kier molecular flexibility index (Phi) is 6.74. The molecule has 156 valence electrons. The Morgan fingerprint density at radius 2 is 1.87 bits per heavy atom. The molecule has 0 unspecified atom stereocenters. The van der Waals surface area contributed by atoms with Crippen LogP contribution in [0, 0.1) is 5.92 Å². The Balaban J connectivity index is 1.63.